The predicted octanol–water partition coefficient (Wildman–Crippen LogP) is 4.92. The fourth-order valence-corrected chi connectivity index (χ4v) is 0.850. The number of halogens is 12. The van der Waals surface area contributed by atoms with Crippen LogP contribution in [0.25, 0.3) is 0 Å². The zero-order chi connectivity index (χ0) is 15.9. The lowest BCUT2D eigenvalue weighted by molar-refractivity contribution is -0.332. The Labute approximate surface area is 96.2 Å². The molecule has 0 aromatic heterocycles. The van der Waals surface area contributed by atoms with Gasteiger partial charge in [-0.05, 0) is 0 Å². The van der Waals surface area contributed by atoms with E-state index >= 15 is 0 Å². The Balaban J connectivity index is 5.87. The highest BCUT2D eigenvalue weighted by atomic mass is 19.4. The van der Waals surface area contributed by atoms with Gasteiger partial charge in [0.15, 0.2) is 5.83 Å². The van der Waals surface area contributed by atoms with Crippen LogP contribution in [0.2, 0.25) is 0 Å². The van der Waals surface area contributed by atoms with Gasteiger partial charge in [0.1, 0.15) is 5.83 Å². The molecule has 0 atom stereocenters. The van der Waals surface area contributed by atoms with Crippen molar-refractivity contribution in [3.8, 4) is 0 Å². The van der Waals surface area contributed by atoms with Gasteiger partial charge in [-0.3, -0.25) is 0 Å². The molecule has 0 bridgehead atoms. The van der Waals surface area contributed by atoms with E-state index in [2.05, 4.69) is 0 Å². The van der Waals surface area contributed by atoms with Gasteiger partial charge in [0.05, 0.1) is 6.42 Å². The standard InChI is InChI=1S/C7H2F12/c8-2(1-4(10,11)12)3(9)5(13,6(14,15)16)7(17,18)19/h1H2/b3-2+. The van der Waals surface area contributed by atoms with E-state index in [-0.39, 0.29) is 0 Å². The highest BCUT2D eigenvalue weighted by Gasteiger charge is 2.76. The third-order valence-electron chi connectivity index (χ3n) is 1.68. The summed E-state index contributed by atoms with van der Waals surface area (Å²) < 4.78 is 143. The number of hydrogen-bond acceptors (Lipinski definition) is 0. The monoisotopic (exact) mass is 314 g/mol. The highest BCUT2D eigenvalue weighted by Crippen LogP contribution is 2.52. The Morgan fingerprint density at radius 3 is 1.16 bits per heavy atom. The Morgan fingerprint density at radius 1 is 0.632 bits per heavy atom. The average molecular weight is 314 g/mol. The largest absolute Gasteiger partial charge is 0.438 e. The summed E-state index contributed by atoms with van der Waals surface area (Å²) in [4.78, 5) is 0. The molecule has 114 valence electrons. The Kier molecular flexibility index (Phi) is 4.50. The molecule has 0 heterocycles. The van der Waals surface area contributed by atoms with Crippen molar-refractivity contribution in [1.82, 2.24) is 0 Å². The van der Waals surface area contributed by atoms with E-state index in [0.717, 1.165) is 0 Å². The van der Waals surface area contributed by atoms with Crippen molar-refractivity contribution in [2.75, 3.05) is 0 Å². The summed E-state index contributed by atoms with van der Waals surface area (Å²) in [6, 6.07) is 0. The molecule has 0 unspecified atom stereocenters. The molecule has 0 aliphatic rings. The smallest absolute Gasteiger partial charge is 0.215 e. The van der Waals surface area contributed by atoms with Crippen molar-refractivity contribution in [3.63, 3.8) is 0 Å². The van der Waals surface area contributed by atoms with Gasteiger partial charge >= 0.3 is 24.2 Å². The van der Waals surface area contributed by atoms with Gasteiger partial charge in [0, 0.05) is 0 Å². The van der Waals surface area contributed by atoms with Crippen molar-refractivity contribution in [2.45, 2.75) is 30.6 Å². The Morgan fingerprint density at radius 2 is 0.947 bits per heavy atom. The lowest BCUT2D eigenvalue weighted by Crippen LogP contribution is -2.54. The maximum Gasteiger partial charge on any atom is 0.438 e. The topological polar surface area (TPSA) is 0 Å². The zero-order valence-electron chi connectivity index (χ0n) is 8.24. The maximum absolute atomic E-state index is 12.7. The number of rotatable bonds is 2. The average Bonchev–Trinajstić information content (AvgIpc) is 2.08. The van der Waals surface area contributed by atoms with Crippen LogP contribution in [0.3, 0.4) is 0 Å². The van der Waals surface area contributed by atoms with Crippen LogP contribution >= 0.6 is 0 Å². The minimum Gasteiger partial charge on any atom is -0.215 e. The number of alkyl halides is 10. The van der Waals surface area contributed by atoms with Gasteiger partial charge < -0.3 is 0 Å². The van der Waals surface area contributed by atoms with Gasteiger partial charge in [0.25, 0.3) is 0 Å². The van der Waals surface area contributed by atoms with Crippen molar-refractivity contribution >= 4 is 0 Å². The second-order valence-corrected chi connectivity index (χ2v) is 3.16. The second kappa shape index (κ2) is 4.78. The molecule has 0 amide bonds. The fraction of sp³-hybridized carbons (Fsp3) is 0.714. The SMILES string of the molecule is F/C(CC(F)(F)F)=C(/F)C(F)(C(F)(F)F)C(F)(F)F. The summed E-state index contributed by atoms with van der Waals surface area (Å²) in [6.45, 7) is 0. The van der Waals surface area contributed by atoms with E-state index in [9.17, 15) is 52.7 Å². The van der Waals surface area contributed by atoms with Crippen LogP contribution in [0, 0.1) is 0 Å². The van der Waals surface area contributed by atoms with Crippen molar-refractivity contribution in [2.24, 2.45) is 0 Å². The highest BCUT2D eigenvalue weighted by molar-refractivity contribution is 5.21. The zero-order valence-corrected chi connectivity index (χ0v) is 8.24. The lowest BCUT2D eigenvalue weighted by atomic mass is 10.0. The van der Waals surface area contributed by atoms with Gasteiger partial charge in [-0.1, -0.05) is 0 Å². The van der Waals surface area contributed by atoms with E-state index in [0.29, 0.717) is 0 Å². The molecule has 0 rings (SSSR count). The summed E-state index contributed by atoms with van der Waals surface area (Å²) in [5.74, 6) is -7.76. The first-order chi connectivity index (χ1) is 8.04. The summed E-state index contributed by atoms with van der Waals surface area (Å²) in [6.07, 6.45) is -22.8. The first-order valence-electron chi connectivity index (χ1n) is 3.97. The molecule has 0 aromatic rings. The molecule has 0 N–H and O–H groups in total. The molecule has 0 aromatic carbocycles. The first-order valence-corrected chi connectivity index (χ1v) is 3.97. The molecular formula is C7H2F12. The van der Waals surface area contributed by atoms with E-state index in [1.165, 1.54) is 0 Å². The quantitative estimate of drug-likeness (QED) is 0.635. The van der Waals surface area contributed by atoms with Gasteiger partial charge in [-0.15, -0.1) is 0 Å². The Bertz CT molecular complexity index is 338. The molecule has 0 fully saturated rings. The summed E-state index contributed by atoms with van der Waals surface area (Å²) in [5.41, 5.74) is -6.84. The normalized spacial score (nSPS) is 16.4. The van der Waals surface area contributed by atoms with Crippen molar-refractivity contribution < 1.29 is 52.7 Å². The van der Waals surface area contributed by atoms with E-state index in [1.807, 2.05) is 0 Å². The van der Waals surface area contributed by atoms with Crippen molar-refractivity contribution in [1.29, 1.82) is 0 Å². The molecule has 0 saturated heterocycles. The molecule has 0 aliphatic carbocycles. The van der Waals surface area contributed by atoms with Gasteiger partial charge in [-0.2, -0.15) is 39.5 Å². The van der Waals surface area contributed by atoms with Gasteiger partial charge in [-0.25, -0.2) is 13.2 Å². The summed E-state index contributed by atoms with van der Waals surface area (Å²) >= 11 is 0. The third-order valence-corrected chi connectivity index (χ3v) is 1.68. The van der Waals surface area contributed by atoms with Crippen LogP contribution in [-0.2, 0) is 0 Å². The van der Waals surface area contributed by atoms with E-state index in [1.54, 1.807) is 0 Å². The predicted molar refractivity (Wildman–Crippen MR) is 35.9 cm³/mol. The number of allylic oxidation sites excluding steroid dienone is 2. The molecule has 0 spiro atoms. The first kappa shape index (κ1) is 17.9. The third kappa shape index (κ3) is 3.69. The molecule has 19 heavy (non-hydrogen) atoms. The van der Waals surface area contributed by atoms with Crippen molar-refractivity contribution in [3.05, 3.63) is 11.7 Å². The molecule has 0 saturated carbocycles. The molecule has 0 radical (unpaired) electrons. The van der Waals surface area contributed by atoms with Crippen LogP contribution in [0.4, 0.5) is 52.7 Å². The second-order valence-electron chi connectivity index (χ2n) is 3.16. The number of hydrogen-bond donors (Lipinski definition) is 0. The summed E-state index contributed by atoms with van der Waals surface area (Å²) in [5, 5.41) is 0. The van der Waals surface area contributed by atoms with Crippen LogP contribution in [0.5, 0.6) is 0 Å². The fourth-order valence-electron chi connectivity index (χ4n) is 0.850. The summed E-state index contributed by atoms with van der Waals surface area (Å²) in [7, 11) is 0. The van der Waals surface area contributed by atoms with E-state index in [4.69, 9.17) is 0 Å². The minimum atomic E-state index is -7.02. The van der Waals surface area contributed by atoms with Crippen LogP contribution in [0.1, 0.15) is 6.42 Å². The van der Waals surface area contributed by atoms with Gasteiger partial charge in [0.2, 0.25) is 0 Å². The molecular weight excluding hydrogens is 312 g/mol. The Hall–Kier alpha value is -1.10. The van der Waals surface area contributed by atoms with Crippen LogP contribution in [-0.4, -0.2) is 24.2 Å². The molecule has 0 aliphatic heterocycles. The van der Waals surface area contributed by atoms with E-state index < -0.39 is 42.3 Å². The lowest BCUT2D eigenvalue weighted by Gasteiger charge is -2.28. The molecule has 12 heteroatoms. The molecule has 0 nitrogen and oxygen atoms in total. The van der Waals surface area contributed by atoms with Crippen LogP contribution in [0.15, 0.2) is 11.7 Å². The minimum absolute atomic E-state index is 3.10. The maximum atomic E-state index is 12.7. The van der Waals surface area contributed by atoms with Crippen LogP contribution < -0.4 is 0 Å².